The molecule has 0 aromatic carbocycles. The quantitative estimate of drug-likeness (QED) is 0.0300. The van der Waals surface area contributed by atoms with Gasteiger partial charge in [0.2, 0.25) is 0 Å². The maximum Gasteiger partial charge on any atom is 1.00 e. The van der Waals surface area contributed by atoms with E-state index in [9.17, 15) is 38.4 Å². The predicted molar refractivity (Wildman–Crippen MR) is 438 cm³/mol. The molecule has 0 bridgehead atoms. The molecule has 0 saturated heterocycles. The predicted octanol–water partition coefficient (Wildman–Crippen LogP) is 1.11. The second-order valence-corrected chi connectivity index (χ2v) is 31.2. The third-order valence-corrected chi connectivity index (χ3v) is 15.0. The number of nitrogens with two attached hydrogens (primary N) is 4. The van der Waals surface area contributed by atoms with E-state index in [1.54, 1.807) is 13.6 Å². The Morgan fingerprint density at radius 2 is 0.491 bits per heavy atom. The Bertz CT molecular complexity index is 1980. The first kappa shape index (κ1) is 126. The first-order valence-corrected chi connectivity index (χ1v) is 39.2. The molecular weight excluding hydrogens is 1620 g/mol. The minimum Gasteiger partial charge on any atom is -0.472 e. The van der Waals surface area contributed by atoms with Gasteiger partial charge in [0.25, 0.3) is 0 Å². The molecule has 0 saturated carbocycles. The van der Waals surface area contributed by atoms with Crippen molar-refractivity contribution in [2.45, 2.75) is 377 Å². The van der Waals surface area contributed by atoms with Crippen LogP contribution in [-0.4, -0.2) is 146 Å². The molecule has 106 heavy (non-hydrogen) atoms. The Kier molecular flexibility index (Phi) is 110. The summed E-state index contributed by atoms with van der Waals surface area (Å²) in [6, 6.07) is 4.01. The van der Waals surface area contributed by atoms with Crippen LogP contribution in [-0.2, 0) is 38.4 Å². The topological polar surface area (TPSA) is 337 Å². The van der Waals surface area contributed by atoms with Crippen LogP contribution in [0.1, 0.15) is 310 Å². The largest absolute Gasteiger partial charge is 1.00 e. The molecule has 20 nitrogen and oxygen atoms in total. The van der Waals surface area contributed by atoms with Crippen LogP contribution in [0.15, 0.2) is 0 Å². The number of Topliss-reactive ketones (excluding diaryl/α,β-unsaturated/α-hetero) is 8. The molecule has 0 radical (unpaired) electrons. The number of hydrogen-bond acceptors (Lipinski definition) is 20. The fourth-order valence-electron chi connectivity index (χ4n) is 8.57. The van der Waals surface area contributed by atoms with Crippen LogP contribution >= 0.6 is 0 Å². The van der Waals surface area contributed by atoms with Gasteiger partial charge in [-0.3, -0.25) is 54.9 Å². The van der Waals surface area contributed by atoms with E-state index in [0.717, 1.165) is 51.4 Å². The minimum atomic E-state index is 0. The molecule has 0 rings (SSSR count). The first-order valence-electron chi connectivity index (χ1n) is 41.2. The second kappa shape index (κ2) is 93.0. The van der Waals surface area contributed by atoms with Crippen molar-refractivity contribution < 1.29 is 277 Å². The van der Waals surface area contributed by atoms with E-state index in [-0.39, 0.29) is 315 Å². The number of carbonyl (C=O) groups excluding carboxylic acids is 8. The van der Waals surface area contributed by atoms with Crippen molar-refractivity contribution in [1.82, 2.24) is 42.5 Å². The van der Waals surface area contributed by atoms with Gasteiger partial charge in [-0.05, 0) is 103 Å². The molecule has 0 aliphatic heterocycles. The van der Waals surface area contributed by atoms with E-state index >= 15 is 0 Å². The van der Waals surface area contributed by atoms with Crippen molar-refractivity contribution in [1.29, 1.82) is 0 Å². The van der Waals surface area contributed by atoms with Crippen LogP contribution in [0.4, 0.5) is 0 Å². The average molecular weight is 1800 g/mol. The fourth-order valence-corrected chi connectivity index (χ4v) is 8.57. The van der Waals surface area contributed by atoms with Crippen LogP contribution < -0.4 is 298 Å². The molecule has 0 unspecified atom stereocenters. The first-order chi connectivity index (χ1) is 49.2. The molecule has 0 aromatic heterocycles. The normalized spacial score (nSPS) is 12.5. The van der Waals surface area contributed by atoms with Crippen molar-refractivity contribution in [2.24, 2.45) is 70.3 Å². The second-order valence-electron chi connectivity index (χ2n) is 31.2. The van der Waals surface area contributed by atoms with Gasteiger partial charge in [0.1, 0.15) is 51.9 Å². The van der Waals surface area contributed by atoms with Gasteiger partial charge >= 0.3 is 233 Å². The molecule has 24 heteroatoms. The summed E-state index contributed by atoms with van der Waals surface area (Å²) < 4.78 is 27.6. The summed E-state index contributed by atoms with van der Waals surface area (Å²) in [6.07, 6.45) is 11.7. The van der Waals surface area contributed by atoms with E-state index in [0.29, 0.717) is 155 Å². The summed E-state index contributed by atoms with van der Waals surface area (Å²) in [5.41, 5.74) is 9.56. The molecule has 612 valence electrons. The SMILES string of the molecule is CC(C)N[CH-]CC(=O)C(C)C.CC(C)N[CH-]CCC(=O)C(C)C.CC(C)N[CH-]CCC(=O)C(C)C.CN[CH-]CC(=O)C(C)C.[2H]NCC[C@@H](CC(=O)C(C)C)NC(C)C.[2H]NCC[C@@H](CCC(=O)C(C)C)NC(C)C.[2H]NCC[C@H](CC(=O)C(C)C)NC(C)C.[2H]NCC[C@H](CCC(=O)C(C)C)NC(C)C.[Rb+].[Rb+].[Rb+].[Rb+]. The third-order valence-electron chi connectivity index (χ3n) is 15.0. The molecule has 0 fully saturated rings. The number of rotatable bonds is 55. The van der Waals surface area contributed by atoms with Crippen molar-refractivity contribution >= 4 is 46.3 Å². The fraction of sp³-hybridized carbons (Fsp3) is 0.854. The molecule has 0 aliphatic carbocycles. The van der Waals surface area contributed by atoms with Crippen LogP contribution in [0.25, 0.3) is 0 Å². The van der Waals surface area contributed by atoms with E-state index in [2.05, 4.69) is 162 Å². The van der Waals surface area contributed by atoms with Crippen LogP contribution in [0, 0.1) is 73.5 Å². The Morgan fingerprint density at radius 3 is 0.708 bits per heavy atom. The summed E-state index contributed by atoms with van der Waals surface area (Å²) in [4.78, 5) is 90.4. The summed E-state index contributed by atoms with van der Waals surface area (Å²) in [5, 5.41) is 25.8. The van der Waals surface area contributed by atoms with Gasteiger partial charge in [-0.1, -0.05) is 208 Å². The molecule has 0 aromatic rings. The van der Waals surface area contributed by atoms with Gasteiger partial charge in [0, 0.05) is 121 Å². The average Bonchev–Trinajstić information content (AvgIpc) is 0.944. The Balaban J connectivity index is -0.0000000998. The summed E-state index contributed by atoms with van der Waals surface area (Å²) in [5.74, 6) is 3.64. The van der Waals surface area contributed by atoms with Crippen molar-refractivity contribution in [3.63, 3.8) is 0 Å². The summed E-state index contributed by atoms with van der Waals surface area (Å²) >= 11 is 0. The molecule has 0 amide bonds. The van der Waals surface area contributed by atoms with Crippen LogP contribution in [0.2, 0.25) is 5.65 Å². The molecule has 0 heterocycles. The third kappa shape index (κ3) is 110. The monoisotopic (exact) mass is 1800 g/mol. The minimum absolute atomic E-state index is 0. The molecule has 16 N–H and O–H groups in total. The van der Waals surface area contributed by atoms with Gasteiger partial charge < -0.3 is 75.0 Å². The van der Waals surface area contributed by atoms with Crippen LogP contribution in [0.3, 0.4) is 0 Å². The molecule has 0 spiro atoms. The molecule has 0 aliphatic rings. The van der Waals surface area contributed by atoms with E-state index < -0.39 is 0 Å². The Hall–Kier alpha value is 4.10. The molecular formula is C82H172N12O8Rb4. The van der Waals surface area contributed by atoms with Crippen molar-refractivity contribution in [2.75, 3.05) is 33.2 Å². The number of hydrogen-bond donors (Lipinski definition) is 12. The van der Waals surface area contributed by atoms with E-state index in [4.69, 9.17) is 5.65 Å². The maximum atomic E-state index is 11.6. The van der Waals surface area contributed by atoms with Gasteiger partial charge in [0.05, 0.1) is 0 Å². The van der Waals surface area contributed by atoms with Gasteiger partial charge in [0.15, 0.2) is 0 Å². The zero-order valence-corrected chi connectivity index (χ0v) is 95.4. The maximum absolute atomic E-state index is 11.6. The van der Waals surface area contributed by atoms with Gasteiger partial charge in [-0.15, -0.1) is 12.8 Å². The zero-order chi connectivity index (χ0) is 84.0. The van der Waals surface area contributed by atoms with E-state index in [1.807, 2.05) is 130 Å². The molecule has 4 atom stereocenters. The van der Waals surface area contributed by atoms with Gasteiger partial charge in [-0.2, -0.15) is 12.8 Å². The number of carbonyl (C=O) groups is 8. The number of ketones is 8. The Morgan fingerprint density at radius 1 is 0.274 bits per heavy atom. The smallest absolute Gasteiger partial charge is 0.472 e. The van der Waals surface area contributed by atoms with Crippen LogP contribution in [0.5, 0.6) is 0 Å². The van der Waals surface area contributed by atoms with E-state index in [1.165, 1.54) is 0 Å². The standard InChI is InChI=1S/2C12H26N2O.2C11H24N2O.2C10H20NO.C9H18NO.C7H14NO.4Rb/c2*1-9(2)12(15)6-5-11(7-8-13)14-10(3)4;2*1-8(2)11(14)7-10(5-6-12)13-9(3)4;2*1-8(2)10(12)6-5-7-11-9(3)4;1-7(2)9(11)5-6-10-8(3)4;1-6(2)7(9)4-5-8-3;;;;/h2*9-11,14H,5-8,13H2,1-4H3;2*8-10,13H,5-7,12H2,1-4H3;2*7-9,11H,5-6H2,1-4H3;6-8,10H,5H2,1-4H3;5-6,8H,4H2,1-3H3;;;;/q;;;;4*-1;4*+1/t2*11-;2*10-;;;;;;;;/m1010......../s1/i/hD4. The zero-order valence-electron chi connectivity index (χ0n) is 79.7. The number of nitrogens with one attached hydrogen (secondary N) is 8. The Labute approximate surface area is 857 Å². The van der Waals surface area contributed by atoms with Crippen molar-refractivity contribution in [3.05, 3.63) is 26.2 Å². The summed E-state index contributed by atoms with van der Waals surface area (Å²) in [7, 11) is 1.80. The van der Waals surface area contributed by atoms with Crippen molar-refractivity contribution in [3.8, 4) is 0 Å². The van der Waals surface area contributed by atoms with Gasteiger partial charge in [-0.25, -0.2) is 0 Å². The summed E-state index contributed by atoms with van der Waals surface area (Å²) in [6.45, 7) is 70.2.